The van der Waals surface area contributed by atoms with E-state index in [4.69, 9.17) is 21.1 Å². The van der Waals surface area contributed by atoms with Crippen molar-refractivity contribution < 1.29 is 19.1 Å². The molecule has 1 aliphatic rings. The summed E-state index contributed by atoms with van der Waals surface area (Å²) in [6.07, 6.45) is 2.41. The second-order valence-electron chi connectivity index (χ2n) is 6.45. The molecule has 0 spiro atoms. The van der Waals surface area contributed by atoms with Crippen molar-refractivity contribution in [2.24, 2.45) is 11.8 Å². The third-order valence-corrected chi connectivity index (χ3v) is 4.77. The molecule has 144 valence electrons. The van der Waals surface area contributed by atoms with Crippen molar-refractivity contribution in [2.75, 3.05) is 32.6 Å². The SMILES string of the molecule is CCCN(CCC)C(=O)C1CC1C(=O)Nc1cc(OC)c(Cl)cc1OC. The molecule has 2 rings (SSSR count). The van der Waals surface area contributed by atoms with Gasteiger partial charge >= 0.3 is 0 Å². The van der Waals surface area contributed by atoms with Crippen LogP contribution in [0, 0.1) is 11.8 Å². The van der Waals surface area contributed by atoms with E-state index in [0.717, 1.165) is 25.9 Å². The quantitative estimate of drug-likeness (QED) is 0.708. The number of halogens is 1. The zero-order valence-electron chi connectivity index (χ0n) is 15.8. The van der Waals surface area contributed by atoms with Gasteiger partial charge in [-0.1, -0.05) is 25.4 Å². The van der Waals surface area contributed by atoms with Gasteiger partial charge in [-0.2, -0.15) is 0 Å². The van der Waals surface area contributed by atoms with Gasteiger partial charge in [0.15, 0.2) is 0 Å². The molecule has 0 aliphatic heterocycles. The summed E-state index contributed by atoms with van der Waals surface area (Å²) in [6.45, 7) is 5.57. The summed E-state index contributed by atoms with van der Waals surface area (Å²) in [5, 5.41) is 3.24. The molecule has 1 fully saturated rings. The Morgan fingerprint density at radius 3 is 2.27 bits per heavy atom. The largest absolute Gasteiger partial charge is 0.495 e. The van der Waals surface area contributed by atoms with Crippen LogP contribution in [-0.4, -0.2) is 44.0 Å². The number of methoxy groups -OCH3 is 2. The average Bonchev–Trinajstić information content (AvgIpc) is 3.42. The van der Waals surface area contributed by atoms with E-state index in [1.54, 1.807) is 12.1 Å². The number of ether oxygens (including phenoxy) is 2. The van der Waals surface area contributed by atoms with Crippen molar-refractivity contribution in [3.8, 4) is 11.5 Å². The predicted octanol–water partition coefficient (Wildman–Crippen LogP) is 3.58. The summed E-state index contributed by atoms with van der Waals surface area (Å²) >= 11 is 6.08. The number of benzene rings is 1. The first-order valence-corrected chi connectivity index (χ1v) is 9.35. The van der Waals surface area contributed by atoms with Gasteiger partial charge in [0.2, 0.25) is 11.8 Å². The molecule has 1 aliphatic carbocycles. The lowest BCUT2D eigenvalue weighted by Crippen LogP contribution is -2.34. The fourth-order valence-electron chi connectivity index (χ4n) is 3.05. The average molecular weight is 383 g/mol. The summed E-state index contributed by atoms with van der Waals surface area (Å²) in [5.74, 6) is 0.265. The van der Waals surface area contributed by atoms with Crippen molar-refractivity contribution in [3.05, 3.63) is 17.2 Å². The molecule has 2 unspecified atom stereocenters. The number of anilines is 1. The minimum Gasteiger partial charge on any atom is -0.495 e. The topological polar surface area (TPSA) is 67.9 Å². The van der Waals surface area contributed by atoms with E-state index in [1.807, 2.05) is 18.7 Å². The van der Waals surface area contributed by atoms with Crippen LogP contribution in [-0.2, 0) is 9.59 Å². The van der Waals surface area contributed by atoms with Gasteiger partial charge in [0.1, 0.15) is 11.5 Å². The Morgan fingerprint density at radius 1 is 1.12 bits per heavy atom. The first-order valence-electron chi connectivity index (χ1n) is 8.97. The number of hydrogen-bond acceptors (Lipinski definition) is 4. The lowest BCUT2D eigenvalue weighted by molar-refractivity contribution is -0.134. The maximum absolute atomic E-state index is 12.6. The van der Waals surface area contributed by atoms with Gasteiger partial charge in [-0.3, -0.25) is 9.59 Å². The van der Waals surface area contributed by atoms with E-state index in [-0.39, 0.29) is 23.7 Å². The van der Waals surface area contributed by atoms with Gasteiger partial charge in [0.25, 0.3) is 0 Å². The van der Waals surface area contributed by atoms with Crippen LogP contribution < -0.4 is 14.8 Å². The second-order valence-corrected chi connectivity index (χ2v) is 6.86. The second kappa shape index (κ2) is 9.12. The number of nitrogens with zero attached hydrogens (tertiary/aromatic N) is 1. The smallest absolute Gasteiger partial charge is 0.228 e. The molecular formula is C19H27ClN2O4. The van der Waals surface area contributed by atoms with Crippen molar-refractivity contribution in [2.45, 2.75) is 33.1 Å². The van der Waals surface area contributed by atoms with Crippen LogP contribution in [0.2, 0.25) is 5.02 Å². The lowest BCUT2D eigenvalue weighted by Gasteiger charge is -2.21. The number of amides is 2. The Bertz CT molecular complexity index is 659. The van der Waals surface area contributed by atoms with E-state index < -0.39 is 0 Å². The fraction of sp³-hybridized carbons (Fsp3) is 0.579. The van der Waals surface area contributed by atoms with Crippen molar-refractivity contribution in [1.29, 1.82) is 0 Å². The normalized spacial score (nSPS) is 18.2. The van der Waals surface area contributed by atoms with Crippen molar-refractivity contribution in [3.63, 3.8) is 0 Å². The molecule has 0 saturated heterocycles. The first-order chi connectivity index (χ1) is 12.5. The lowest BCUT2D eigenvalue weighted by atomic mass is 10.2. The maximum atomic E-state index is 12.6. The summed E-state index contributed by atoms with van der Waals surface area (Å²) in [4.78, 5) is 27.0. The number of carbonyl (C=O) groups is 2. The van der Waals surface area contributed by atoms with Gasteiger partial charge < -0.3 is 19.7 Å². The van der Waals surface area contributed by atoms with Gasteiger partial charge in [-0.05, 0) is 19.3 Å². The van der Waals surface area contributed by atoms with Crippen LogP contribution in [0.3, 0.4) is 0 Å². The Hall–Kier alpha value is -1.95. The summed E-state index contributed by atoms with van der Waals surface area (Å²) in [7, 11) is 3.01. The van der Waals surface area contributed by atoms with E-state index in [2.05, 4.69) is 5.32 Å². The summed E-state index contributed by atoms with van der Waals surface area (Å²) < 4.78 is 10.5. The molecule has 1 saturated carbocycles. The number of nitrogens with one attached hydrogen (secondary N) is 1. The Morgan fingerprint density at radius 2 is 1.73 bits per heavy atom. The molecule has 1 N–H and O–H groups in total. The monoisotopic (exact) mass is 382 g/mol. The molecule has 0 radical (unpaired) electrons. The third-order valence-electron chi connectivity index (χ3n) is 4.47. The molecule has 1 aromatic rings. The van der Waals surface area contributed by atoms with E-state index in [9.17, 15) is 9.59 Å². The molecule has 0 aromatic heterocycles. The van der Waals surface area contributed by atoms with Gasteiger partial charge in [-0.15, -0.1) is 0 Å². The molecule has 0 heterocycles. The van der Waals surface area contributed by atoms with Crippen LogP contribution >= 0.6 is 11.6 Å². The molecule has 2 atom stereocenters. The fourth-order valence-corrected chi connectivity index (χ4v) is 3.28. The number of rotatable bonds is 9. The standard InChI is InChI=1S/C19H27ClN2O4/c1-5-7-22(8-6-2)19(24)13-9-12(13)18(23)21-15-11-16(25-3)14(20)10-17(15)26-4/h10-13H,5-9H2,1-4H3,(H,21,23). The highest BCUT2D eigenvalue weighted by atomic mass is 35.5. The zero-order valence-corrected chi connectivity index (χ0v) is 16.6. The van der Waals surface area contributed by atoms with Gasteiger partial charge in [0.05, 0.1) is 36.8 Å². The minimum atomic E-state index is -0.301. The molecule has 7 heteroatoms. The highest BCUT2D eigenvalue weighted by molar-refractivity contribution is 6.32. The molecule has 0 bridgehead atoms. The molecule has 26 heavy (non-hydrogen) atoms. The molecule has 2 amide bonds. The third kappa shape index (κ3) is 4.61. The Labute approximate surface area is 159 Å². The molecule has 6 nitrogen and oxygen atoms in total. The van der Waals surface area contributed by atoms with Gasteiger partial charge in [-0.25, -0.2) is 0 Å². The van der Waals surface area contributed by atoms with Crippen LogP contribution in [0.25, 0.3) is 0 Å². The Kier molecular flexibility index (Phi) is 7.14. The predicted molar refractivity (Wildman–Crippen MR) is 102 cm³/mol. The minimum absolute atomic E-state index is 0.0782. The Balaban J connectivity index is 2.05. The highest BCUT2D eigenvalue weighted by Crippen LogP contribution is 2.42. The molecular weight excluding hydrogens is 356 g/mol. The van der Waals surface area contributed by atoms with Crippen LogP contribution in [0.5, 0.6) is 11.5 Å². The van der Waals surface area contributed by atoms with Crippen LogP contribution in [0.1, 0.15) is 33.1 Å². The van der Waals surface area contributed by atoms with Gasteiger partial charge in [0, 0.05) is 25.2 Å². The van der Waals surface area contributed by atoms with Crippen LogP contribution in [0.4, 0.5) is 5.69 Å². The number of carbonyl (C=O) groups excluding carboxylic acids is 2. The number of hydrogen-bond donors (Lipinski definition) is 1. The van der Waals surface area contributed by atoms with Crippen molar-refractivity contribution >= 4 is 29.1 Å². The zero-order chi connectivity index (χ0) is 19.3. The summed E-state index contributed by atoms with van der Waals surface area (Å²) in [5.41, 5.74) is 0.482. The maximum Gasteiger partial charge on any atom is 0.228 e. The van der Waals surface area contributed by atoms with Crippen molar-refractivity contribution in [1.82, 2.24) is 4.90 Å². The van der Waals surface area contributed by atoms with E-state index in [1.165, 1.54) is 14.2 Å². The first kappa shape index (κ1) is 20.4. The highest BCUT2D eigenvalue weighted by Gasteiger charge is 2.49. The van der Waals surface area contributed by atoms with E-state index >= 15 is 0 Å². The molecule has 1 aromatic carbocycles. The summed E-state index contributed by atoms with van der Waals surface area (Å²) in [6, 6.07) is 3.22. The van der Waals surface area contributed by atoms with Crippen LogP contribution in [0.15, 0.2) is 12.1 Å². The van der Waals surface area contributed by atoms with E-state index in [0.29, 0.717) is 28.6 Å².